The monoisotopic (exact) mass is 652 g/mol. The minimum Gasteiger partial charge on any atom is -0.462 e. The standard InChI is InChI=1S/C36H61O8P/c1-3-5-7-9-11-13-14-15-16-17-18-19-20-21-22-23-25-26-28-30-35(37)42-32-34(33-43-45(39,40)41)44-36(38)31-29-27-24-12-10-8-6-4-2/h11,13,15-16,18-19,21-22,25-26,34H,3-10,12,14,17,20,23-24,27-33H2,1-2H3,(H2,39,40,41)/b13-11+,16-15+,19-18+,22-21+,26-25+/t34-/m1/s1. The molecule has 0 aromatic rings. The number of hydrogen-bond donors (Lipinski definition) is 2. The molecule has 0 bridgehead atoms. The van der Waals surface area contributed by atoms with Crippen LogP contribution in [0.25, 0.3) is 0 Å². The van der Waals surface area contributed by atoms with Gasteiger partial charge < -0.3 is 19.3 Å². The van der Waals surface area contributed by atoms with Crippen LogP contribution in [0.2, 0.25) is 0 Å². The van der Waals surface area contributed by atoms with Crippen LogP contribution in [0.15, 0.2) is 60.8 Å². The van der Waals surface area contributed by atoms with Gasteiger partial charge in [-0.05, 0) is 51.4 Å². The first-order valence-electron chi connectivity index (χ1n) is 17.1. The molecular weight excluding hydrogens is 591 g/mol. The van der Waals surface area contributed by atoms with Crippen molar-refractivity contribution in [1.29, 1.82) is 0 Å². The van der Waals surface area contributed by atoms with Crippen molar-refractivity contribution in [3.63, 3.8) is 0 Å². The SMILES string of the molecule is CCCCC/C=C/C/C=C/C/C=C/C/C=C/C/C=C/CCC(=O)OC[C@H](COP(=O)(O)O)OC(=O)CCCCCCCCCC. The average molecular weight is 653 g/mol. The summed E-state index contributed by atoms with van der Waals surface area (Å²) >= 11 is 0. The lowest BCUT2D eigenvalue weighted by molar-refractivity contribution is -0.161. The Kier molecular flexibility index (Phi) is 30.1. The summed E-state index contributed by atoms with van der Waals surface area (Å²) in [5.74, 6) is -0.992. The van der Waals surface area contributed by atoms with Crippen molar-refractivity contribution in [2.45, 2.75) is 142 Å². The molecule has 0 heterocycles. The maximum Gasteiger partial charge on any atom is 0.469 e. The van der Waals surface area contributed by atoms with Crippen molar-refractivity contribution < 1.29 is 37.9 Å². The van der Waals surface area contributed by atoms with Gasteiger partial charge in [-0.25, -0.2) is 4.57 Å². The molecule has 0 rings (SSSR count). The highest BCUT2D eigenvalue weighted by atomic mass is 31.2. The molecule has 0 radical (unpaired) electrons. The third-order valence-corrected chi connectivity index (χ3v) is 7.29. The summed E-state index contributed by atoms with van der Waals surface area (Å²) in [7, 11) is -4.76. The van der Waals surface area contributed by atoms with Gasteiger partial charge >= 0.3 is 19.8 Å². The highest BCUT2D eigenvalue weighted by Gasteiger charge is 2.22. The van der Waals surface area contributed by atoms with Gasteiger partial charge in [-0.1, -0.05) is 132 Å². The van der Waals surface area contributed by atoms with Crippen molar-refractivity contribution in [2.24, 2.45) is 0 Å². The number of hydrogen-bond acceptors (Lipinski definition) is 6. The van der Waals surface area contributed by atoms with E-state index in [1.54, 1.807) is 0 Å². The molecule has 0 saturated heterocycles. The topological polar surface area (TPSA) is 119 Å². The second kappa shape index (κ2) is 31.7. The Bertz CT molecular complexity index is 916. The van der Waals surface area contributed by atoms with E-state index in [9.17, 15) is 14.2 Å². The number of rotatable bonds is 30. The van der Waals surface area contributed by atoms with E-state index < -0.39 is 32.5 Å². The second-order valence-corrected chi connectivity index (χ2v) is 12.4. The predicted molar refractivity (Wildman–Crippen MR) is 184 cm³/mol. The van der Waals surface area contributed by atoms with Crippen molar-refractivity contribution >= 4 is 19.8 Å². The van der Waals surface area contributed by atoms with Gasteiger partial charge in [0.05, 0.1) is 6.61 Å². The number of unbranched alkanes of at least 4 members (excludes halogenated alkanes) is 10. The smallest absolute Gasteiger partial charge is 0.462 e. The molecule has 0 aliphatic carbocycles. The Morgan fingerprint density at radius 1 is 0.578 bits per heavy atom. The molecule has 8 nitrogen and oxygen atoms in total. The number of esters is 2. The van der Waals surface area contributed by atoms with E-state index in [0.717, 1.165) is 44.9 Å². The van der Waals surface area contributed by atoms with Crippen molar-refractivity contribution in [1.82, 2.24) is 0 Å². The van der Waals surface area contributed by atoms with Gasteiger partial charge in [0.1, 0.15) is 6.61 Å². The van der Waals surface area contributed by atoms with Gasteiger partial charge in [0.25, 0.3) is 0 Å². The average Bonchev–Trinajstić information content (AvgIpc) is 3.00. The minimum atomic E-state index is -4.76. The van der Waals surface area contributed by atoms with Crippen molar-refractivity contribution in [3.05, 3.63) is 60.8 Å². The molecule has 1 atom stereocenters. The lowest BCUT2D eigenvalue weighted by Gasteiger charge is -2.18. The van der Waals surface area contributed by atoms with E-state index >= 15 is 0 Å². The van der Waals surface area contributed by atoms with Gasteiger partial charge in [-0.2, -0.15) is 0 Å². The maximum atomic E-state index is 12.2. The molecule has 0 aromatic carbocycles. The number of phosphoric ester groups is 1. The van der Waals surface area contributed by atoms with Gasteiger partial charge in [-0.3, -0.25) is 14.1 Å². The third-order valence-electron chi connectivity index (χ3n) is 6.80. The zero-order valence-electron chi connectivity index (χ0n) is 28.0. The maximum absolute atomic E-state index is 12.2. The summed E-state index contributed by atoms with van der Waals surface area (Å²) in [6.45, 7) is 3.52. The van der Waals surface area contributed by atoms with E-state index in [2.05, 4.69) is 67.0 Å². The van der Waals surface area contributed by atoms with Crippen LogP contribution in [0.1, 0.15) is 136 Å². The fourth-order valence-corrected chi connectivity index (χ4v) is 4.60. The fraction of sp³-hybridized carbons (Fsp3) is 0.667. The van der Waals surface area contributed by atoms with Gasteiger partial charge in [0.15, 0.2) is 6.10 Å². The van der Waals surface area contributed by atoms with Crippen molar-refractivity contribution in [2.75, 3.05) is 13.2 Å². The molecule has 258 valence electrons. The summed E-state index contributed by atoms with van der Waals surface area (Å²) in [6, 6.07) is 0. The van der Waals surface area contributed by atoms with E-state index in [-0.39, 0.29) is 19.4 Å². The van der Waals surface area contributed by atoms with E-state index in [4.69, 9.17) is 19.3 Å². The molecule has 2 N–H and O–H groups in total. The molecule has 0 fully saturated rings. The lowest BCUT2D eigenvalue weighted by atomic mass is 10.1. The molecule has 0 saturated carbocycles. The van der Waals surface area contributed by atoms with E-state index in [1.165, 1.54) is 51.4 Å². The molecule has 0 aliphatic rings. The fourth-order valence-electron chi connectivity index (χ4n) is 4.24. The lowest BCUT2D eigenvalue weighted by Crippen LogP contribution is -2.29. The van der Waals surface area contributed by atoms with Gasteiger partial charge in [-0.15, -0.1) is 0 Å². The minimum absolute atomic E-state index is 0.142. The number of carbonyl (C=O) groups is 2. The summed E-state index contributed by atoms with van der Waals surface area (Å²) in [5, 5.41) is 0. The van der Waals surface area contributed by atoms with E-state index in [1.807, 2.05) is 12.2 Å². The summed E-state index contributed by atoms with van der Waals surface area (Å²) < 4.78 is 26.1. The molecule has 0 aromatic heterocycles. The summed E-state index contributed by atoms with van der Waals surface area (Å²) in [5.41, 5.74) is 0. The first-order chi connectivity index (χ1) is 21.8. The van der Waals surface area contributed by atoms with Crippen LogP contribution in [0, 0.1) is 0 Å². The third kappa shape index (κ3) is 34.5. The zero-order valence-corrected chi connectivity index (χ0v) is 28.9. The Morgan fingerprint density at radius 2 is 1.04 bits per heavy atom. The van der Waals surface area contributed by atoms with Crippen LogP contribution in [-0.4, -0.2) is 41.0 Å². The van der Waals surface area contributed by atoms with Crippen LogP contribution in [0.4, 0.5) is 0 Å². The second-order valence-electron chi connectivity index (χ2n) is 11.1. The normalized spacial score (nSPS) is 13.2. The van der Waals surface area contributed by atoms with Crippen LogP contribution in [-0.2, 0) is 28.2 Å². The van der Waals surface area contributed by atoms with Gasteiger partial charge in [0, 0.05) is 12.8 Å². The molecule has 45 heavy (non-hydrogen) atoms. The highest BCUT2D eigenvalue weighted by Crippen LogP contribution is 2.35. The number of allylic oxidation sites excluding steroid dienone is 10. The van der Waals surface area contributed by atoms with Crippen LogP contribution in [0.3, 0.4) is 0 Å². The summed E-state index contributed by atoms with van der Waals surface area (Å²) in [4.78, 5) is 42.4. The Labute approximate surface area is 273 Å². The predicted octanol–water partition coefficient (Wildman–Crippen LogP) is 9.78. The van der Waals surface area contributed by atoms with Crippen LogP contribution < -0.4 is 0 Å². The largest absolute Gasteiger partial charge is 0.469 e. The number of ether oxygens (including phenoxy) is 2. The number of phosphoric acid groups is 1. The Morgan fingerprint density at radius 3 is 1.58 bits per heavy atom. The first-order valence-corrected chi connectivity index (χ1v) is 18.6. The van der Waals surface area contributed by atoms with Crippen molar-refractivity contribution in [3.8, 4) is 0 Å². The molecule has 0 spiro atoms. The number of carbonyl (C=O) groups excluding carboxylic acids is 2. The van der Waals surface area contributed by atoms with E-state index in [0.29, 0.717) is 12.8 Å². The molecule has 0 aliphatic heterocycles. The van der Waals surface area contributed by atoms with Crippen LogP contribution >= 0.6 is 7.82 Å². The molecule has 9 heteroatoms. The molecular formula is C36H61O8P. The van der Waals surface area contributed by atoms with Crippen LogP contribution in [0.5, 0.6) is 0 Å². The Hall–Kier alpha value is -2.25. The first kappa shape index (κ1) is 42.8. The molecule has 0 unspecified atom stereocenters. The molecule has 0 amide bonds. The summed E-state index contributed by atoms with van der Waals surface area (Å²) in [6.07, 6.45) is 38.3. The highest BCUT2D eigenvalue weighted by molar-refractivity contribution is 7.46. The zero-order chi connectivity index (χ0) is 33.3. The Balaban J connectivity index is 4.12. The quantitative estimate of drug-likeness (QED) is 0.0341. The van der Waals surface area contributed by atoms with Gasteiger partial charge in [0.2, 0.25) is 0 Å².